The topological polar surface area (TPSA) is 47.5 Å². The molecule has 0 amide bonds. The molecule has 0 aliphatic heterocycles. The molecule has 4 rings (SSSR count). The fourth-order valence-electron chi connectivity index (χ4n) is 2.71. The fraction of sp³-hybridized carbons (Fsp3) is 0.0588. The first kappa shape index (κ1) is 14.0. The Morgan fingerprint density at radius 2 is 2.04 bits per heavy atom. The maximum absolute atomic E-state index is 13.3. The summed E-state index contributed by atoms with van der Waals surface area (Å²) >= 11 is 5.97. The molecule has 0 bridgehead atoms. The van der Waals surface area contributed by atoms with Crippen molar-refractivity contribution >= 4 is 28.2 Å². The van der Waals surface area contributed by atoms with Crippen LogP contribution in [0.15, 0.2) is 51.9 Å². The number of pyridine rings is 1. The summed E-state index contributed by atoms with van der Waals surface area (Å²) in [4.78, 5) is 16.8. The Balaban J connectivity index is 2.03. The highest BCUT2D eigenvalue weighted by atomic mass is 35.5. The van der Waals surface area contributed by atoms with Gasteiger partial charge in [0, 0.05) is 23.8 Å². The van der Waals surface area contributed by atoms with Crippen LogP contribution in [0, 0.1) is 12.7 Å². The normalized spacial score (nSPS) is 11.4. The molecule has 0 saturated carbocycles. The predicted octanol–water partition coefficient (Wildman–Crippen LogP) is 4.21. The zero-order valence-electron chi connectivity index (χ0n) is 12.0. The molecule has 3 heterocycles. The molecular formula is C17H10ClFN2O2. The van der Waals surface area contributed by atoms with Gasteiger partial charge in [-0.05, 0) is 36.8 Å². The third-order valence-electron chi connectivity index (χ3n) is 3.80. The van der Waals surface area contributed by atoms with E-state index in [-0.39, 0.29) is 5.58 Å². The second kappa shape index (κ2) is 4.93. The number of benzene rings is 1. The Kier molecular flexibility index (Phi) is 2.99. The Morgan fingerprint density at radius 3 is 2.87 bits per heavy atom. The molecular weight excluding hydrogens is 319 g/mol. The largest absolute Gasteiger partial charge is 0.422 e. The van der Waals surface area contributed by atoms with Gasteiger partial charge in [0.05, 0.1) is 16.3 Å². The van der Waals surface area contributed by atoms with Crippen molar-refractivity contribution in [3.63, 3.8) is 0 Å². The van der Waals surface area contributed by atoms with Crippen LogP contribution in [0.1, 0.15) is 5.56 Å². The van der Waals surface area contributed by atoms with Crippen molar-refractivity contribution in [1.29, 1.82) is 0 Å². The van der Waals surface area contributed by atoms with Gasteiger partial charge in [-0.1, -0.05) is 11.6 Å². The van der Waals surface area contributed by atoms with Gasteiger partial charge in [0.15, 0.2) is 0 Å². The molecule has 23 heavy (non-hydrogen) atoms. The molecule has 0 unspecified atom stereocenters. The maximum Gasteiger partial charge on any atom is 0.346 e. The van der Waals surface area contributed by atoms with E-state index in [4.69, 9.17) is 16.0 Å². The Bertz CT molecular complexity index is 1130. The van der Waals surface area contributed by atoms with E-state index < -0.39 is 11.4 Å². The average molecular weight is 329 g/mol. The molecule has 1 aromatic carbocycles. The smallest absolute Gasteiger partial charge is 0.346 e. The van der Waals surface area contributed by atoms with Gasteiger partial charge in [-0.2, -0.15) is 0 Å². The molecule has 6 heteroatoms. The first-order chi connectivity index (χ1) is 11.0. The first-order valence-electron chi connectivity index (χ1n) is 6.90. The zero-order chi connectivity index (χ0) is 16.1. The highest BCUT2D eigenvalue weighted by molar-refractivity contribution is 6.30. The van der Waals surface area contributed by atoms with Crippen LogP contribution in [0.5, 0.6) is 0 Å². The summed E-state index contributed by atoms with van der Waals surface area (Å²) in [5.74, 6) is -0.449. The second-order valence-corrected chi connectivity index (χ2v) is 5.71. The summed E-state index contributed by atoms with van der Waals surface area (Å²) in [7, 11) is 0. The average Bonchev–Trinajstić information content (AvgIpc) is 2.89. The molecule has 3 aromatic heterocycles. The lowest BCUT2D eigenvalue weighted by molar-refractivity contribution is 0.555. The molecule has 0 atom stereocenters. The lowest BCUT2D eigenvalue weighted by atomic mass is 10.0. The van der Waals surface area contributed by atoms with Crippen molar-refractivity contribution in [3.8, 4) is 11.3 Å². The molecule has 0 radical (unpaired) electrons. The number of nitrogens with zero attached hydrogens (tertiary/aromatic N) is 2. The predicted molar refractivity (Wildman–Crippen MR) is 86.4 cm³/mol. The third-order valence-corrected chi connectivity index (χ3v) is 4.02. The van der Waals surface area contributed by atoms with Gasteiger partial charge in [-0.3, -0.25) is 0 Å². The van der Waals surface area contributed by atoms with Crippen molar-refractivity contribution in [3.05, 3.63) is 69.5 Å². The molecule has 0 fully saturated rings. The van der Waals surface area contributed by atoms with E-state index in [9.17, 15) is 9.18 Å². The van der Waals surface area contributed by atoms with Crippen LogP contribution < -0.4 is 5.63 Å². The summed E-state index contributed by atoms with van der Waals surface area (Å²) in [6.07, 6.45) is 3.43. The zero-order valence-corrected chi connectivity index (χ0v) is 12.8. The van der Waals surface area contributed by atoms with Crippen molar-refractivity contribution in [2.45, 2.75) is 6.92 Å². The summed E-state index contributed by atoms with van der Waals surface area (Å²) in [5.41, 5.74) is 1.90. The van der Waals surface area contributed by atoms with Gasteiger partial charge < -0.3 is 8.82 Å². The number of halogens is 2. The van der Waals surface area contributed by atoms with Gasteiger partial charge in [0.2, 0.25) is 0 Å². The van der Waals surface area contributed by atoms with Gasteiger partial charge >= 0.3 is 5.63 Å². The van der Waals surface area contributed by atoms with Crippen LogP contribution in [0.25, 0.3) is 27.9 Å². The van der Waals surface area contributed by atoms with Crippen LogP contribution >= 0.6 is 11.6 Å². The molecule has 0 spiro atoms. The highest BCUT2D eigenvalue weighted by Gasteiger charge is 2.16. The van der Waals surface area contributed by atoms with Crippen molar-refractivity contribution in [2.75, 3.05) is 0 Å². The number of hydrogen-bond donors (Lipinski definition) is 0. The Morgan fingerprint density at radius 1 is 1.22 bits per heavy atom. The Labute approximate surface area is 134 Å². The minimum Gasteiger partial charge on any atom is -0.422 e. The molecule has 114 valence electrons. The van der Waals surface area contributed by atoms with E-state index in [2.05, 4.69) is 4.98 Å². The van der Waals surface area contributed by atoms with Gasteiger partial charge in [-0.15, -0.1) is 0 Å². The van der Waals surface area contributed by atoms with Gasteiger partial charge in [0.25, 0.3) is 0 Å². The molecule has 4 nitrogen and oxygen atoms in total. The van der Waals surface area contributed by atoms with Gasteiger partial charge in [-0.25, -0.2) is 14.2 Å². The molecule has 0 aliphatic carbocycles. The minimum atomic E-state index is -0.546. The maximum atomic E-state index is 13.3. The number of aromatic nitrogens is 2. The Hall–Kier alpha value is -2.66. The van der Waals surface area contributed by atoms with Gasteiger partial charge in [0.1, 0.15) is 17.0 Å². The lowest BCUT2D eigenvalue weighted by Gasteiger charge is -2.05. The number of aryl methyl sites for hydroxylation is 1. The molecule has 4 aromatic rings. The first-order valence-corrected chi connectivity index (χ1v) is 7.28. The third kappa shape index (κ3) is 2.21. The second-order valence-electron chi connectivity index (χ2n) is 5.27. The van der Waals surface area contributed by atoms with E-state index >= 15 is 0 Å². The summed E-state index contributed by atoms with van der Waals surface area (Å²) in [6.45, 7) is 1.80. The highest BCUT2D eigenvalue weighted by Crippen LogP contribution is 2.27. The van der Waals surface area contributed by atoms with Crippen LogP contribution in [0.4, 0.5) is 4.39 Å². The van der Waals surface area contributed by atoms with E-state index in [0.29, 0.717) is 32.9 Å². The van der Waals surface area contributed by atoms with Crippen LogP contribution in [0.3, 0.4) is 0 Å². The van der Waals surface area contributed by atoms with Crippen LogP contribution in [-0.4, -0.2) is 9.38 Å². The number of rotatable bonds is 1. The minimum absolute atomic E-state index is 0.225. The SMILES string of the molecule is Cc1c(-c2cn3cc(Cl)ccc3n2)c(=O)oc2cc(F)ccc12. The number of fused-ring (bicyclic) bond motifs is 2. The summed E-state index contributed by atoms with van der Waals surface area (Å²) in [6, 6.07) is 7.63. The van der Waals surface area contributed by atoms with E-state index in [1.165, 1.54) is 12.1 Å². The van der Waals surface area contributed by atoms with Crippen molar-refractivity contribution in [1.82, 2.24) is 9.38 Å². The molecule has 0 N–H and O–H groups in total. The van der Waals surface area contributed by atoms with Crippen molar-refractivity contribution in [2.24, 2.45) is 0 Å². The summed E-state index contributed by atoms with van der Waals surface area (Å²) in [5, 5.41) is 1.25. The molecule has 0 aliphatic rings. The fourth-order valence-corrected chi connectivity index (χ4v) is 2.88. The summed E-state index contributed by atoms with van der Waals surface area (Å²) < 4.78 is 20.3. The van der Waals surface area contributed by atoms with E-state index in [1.807, 2.05) is 0 Å². The number of hydrogen-bond acceptors (Lipinski definition) is 3. The van der Waals surface area contributed by atoms with Crippen LogP contribution in [0.2, 0.25) is 5.02 Å². The van der Waals surface area contributed by atoms with Crippen molar-refractivity contribution < 1.29 is 8.81 Å². The number of imidazole rings is 1. The lowest BCUT2D eigenvalue weighted by Crippen LogP contribution is -2.06. The van der Waals surface area contributed by atoms with Crippen LogP contribution in [-0.2, 0) is 0 Å². The van der Waals surface area contributed by atoms with E-state index in [1.54, 1.807) is 41.9 Å². The molecule has 0 saturated heterocycles. The monoisotopic (exact) mass is 328 g/mol. The standard InChI is InChI=1S/C17H10ClFN2O2/c1-9-12-4-3-11(19)6-14(12)23-17(22)16(9)13-8-21-7-10(18)2-5-15(21)20-13/h2-8H,1H3. The quantitative estimate of drug-likeness (QED) is 0.492. The van der Waals surface area contributed by atoms with E-state index in [0.717, 1.165) is 0 Å².